The van der Waals surface area contributed by atoms with Crippen LogP contribution in [0.15, 0.2) is 11.1 Å². The van der Waals surface area contributed by atoms with E-state index in [1.807, 2.05) is 0 Å². The zero-order chi connectivity index (χ0) is 12.3. The van der Waals surface area contributed by atoms with Crippen LogP contribution in [0.25, 0.3) is 0 Å². The van der Waals surface area contributed by atoms with E-state index in [1.165, 1.54) is 5.57 Å². The van der Waals surface area contributed by atoms with Crippen LogP contribution in [-0.2, 0) is 14.3 Å². The number of esters is 1. The van der Waals surface area contributed by atoms with Crippen molar-refractivity contribution in [3.8, 4) is 0 Å². The average Bonchev–Trinajstić information content (AvgIpc) is 2.64. The molecule has 0 amide bonds. The van der Waals surface area contributed by atoms with Crippen molar-refractivity contribution in [3.63, 3.8) is 0 Å². The highest BCUT2D eigenvalue weighted by molar-refractivity contribution is 5.93. The van der Waals surface area contributed by atoms with Crippen molar-refractivity contribution in [1.29, 1.82) is 0 Å². The standard InChI is InChI=1S/C14H18O3/c1-13-5-4-10-11(8-17-12(10)16)14(13,2)6-3-9(15)7-13/h3-8H2,1-2H3/t13-,14+/m1/s1. The minimum Gasteiger partial charge on any atom is -0.458 e. The highest BCUT2D eigenvalue weighted by Gasteiger charge is 2.55. The monoisotopic (exact) mass is 234 g/mol. The van der Waals surface area contributed by atoms with E-state index in [9.17, 15) is 9.59 Å². The molecule has 0 aromatic heterocycles. The number of rotatable bonds is 0. The van der Waals surface area contributed by atoms with Crippen molar-refractivity contribution >= 4 is 11.8 Å². The summed E-state index contributed by atoms with van der Waals surface area (Å²) in [5.74, 6) is 0.249. The summed E-state index contributed by atoms with van der Waals surface area (Å²) >= 11 is 0. The molecule has 1 heterocycles. The normalized spacial score (nSPS) is 41.1. The molecule has 0 spiro atoms. The largest absolute Gasteiger partial charge is 0.458 e. The number of carbonyl (C=O) groups is 2. The summed E-state index contributed by atoms with van der Waals surface area (Å²) in [5.41, 5.74) is 2.10. The van der Waals surface area contributed by atoms with Crippen LogP contribution < -0.4 is 0 Å². The van der Waals surface area contributed by atoms with Gasteiger partial charge in [-0.15, -0.1) is 0 Å². The fourth-order valence-electron chi connectivity index (χ4n) is 3.87. The molecule has 3 rings (SSSR count). The van der Waals surface area contributed by atoms with Crippen molar-refractivity contribution in [1.82, 2.24) is 0 Å². The smallest absolute Gasteiger partial charge is 0.334 e. The lowest BCUT2D eigenvalue weighted by atomic mass is 9.50. The lowest BCUT2D eigenvalue weighted by molar-refractivity contribution is -0.136. The molecule has 2 aliphatic carbocycles. The minimum absolute atomic E-state index is 0.0132. The summed E-state index contributed by atoms with van der Waals surface area (Å²) in [7, 11) is 0. The molecule has 3 aliphatic rings. The topological polar surface area (TPSA) is 43.4 Å². The second kappa shape index (κ2) is 3.21. The molecule has 1 aliphatic heterocycles. The SMILES string of the molecule is C[C@]12CCC3=C(COC3=O)[C@]1(C)CCC(=O)C2. The first kappa shape index (κ1) is 11.0. The zero-order valence-corrected chi connectivity index (χ0v) is 10.5. The van der Waals surface area contributed by atoms with Gasteiger partial charge in [0, 0.05) is 18.4 Å². The summed E-state index contributed by atoms with van der Waals surface area (Å²) in [6.07, 6.45) is 3.90. The summed E-state index contributed by atoms with van der Waals surface area (Å²) < 4.78 is 5.19. The molecule has 0 radical (unpaired) electrons. The fourth-order valence-corrected chi connectivity index (χ4v) is 3.87. The van der Waals surface area contributed by atoms with Gasteiger partial charge in [-0.25, -0.2) is 4.79 Å². The molecule has 0 N–H and O–H groups in total. The molecule has 2 atom stereocenters. The minimum atomic E-state index is -0.125. The van der Waals surface area contributed by atoms with Gasteiger partial charge < -0.3 is 4.74 Å². The van der Waals surface area contributed by atoms with Crippen molar-refractivity contribution in [2.45, 2.75) is 46.0 Å². The Morgan fingerprint density at radius 1 is 1.12 bits per heavy atom. The number of ketones is 1. The van der Waals surface area contributed by atoms with Gasteiger partial charge in [0.15, 0.2) is 0 Å². The molecular formula is C14H18O3. The molecule has 3 heteroatoms. The third-order valence-corrected chi connectivity index (χ3v) is 5.37. The summed E-state index contributed by atoms with van der Waals surface area (Å²) in [5, 5.41) is 0. The highest BCUT2D eigenvalue weighted by atomic mass is 16.5. The van der Waals surface area contributed by atoms with E-state index in [4.69, 9.17) is 4.74 Å². The number of hydrogen-bond acceptors (Lipinski definition) is 3. The Balaban J connectivity index is 2.09. The molecule has 0 bridgehead atoms. The number of carbonyl (C=O) groups excluding carboxylic acids is 2. The Kier molecular flexibility index (Phi) is 2.08. The predicted octanol–water partition coefficient (Wildman–Crippen LogP) is 2.40. The molecule has 0 saturated heterocycles. The quantitative estimate of drug-likeness (QED) is 0.604. The molecule has 1 fully saturated rings. The van der Waals surface area contributed by atoms with Crippen LogP contribution in [0, 0.1) is 10.8 Å². The van der Waals surface area contributed by atoms with Crippen molar-refractivity contribution in [2.75, 3.05) is 6.61 Å². The van der Waals surface area contributed by atoms with Crippen LogP contribution in [-0.4, -0.2) is 18.4 Å². The Morgan fingerprint density at radius 3 is 2.65 bits per heavy atom. The molecule has 17 heavy (non-hydrogen) atoms. The third-order valence-electron chi connectivity index (χ3n) is 5.37. The van der Waals surface area contributed by atoms with Crippen LogP contribution >= 0.6 is 0 Å². The summed E-state index contributed by atoms with van der Waals surface area (Å²) in [6, 6.07) is 0. The first-order valence-corrected chi connectivity index (χ1v) is 6.38. The molecule has 0 aromatic carbocycles. The number of hydrogen-bond donors (Lipinski definition) is 0. The van der Waals surface area contributed by atoms with Crippen LogP contribution in [0.1, 0.15) is 46.0 Å². The van der Waals surface area contributed by atoms with E-state index in [0.717, 1.165) is 24.8 Å². The van der Waals surface area contributed by atoms with Gasteiger partial charge in [-0.2, -0.15) is 0 Å². The first-order chi connectivity index (χ1) is 7.96. The van der Waals surface area contributed by atoms with Crippen LogP contribution in [0.3, 0.4) is 0 Å². The summed E-state index contributed by atoms with van der Waals surface area (Å²) in [6.45, 7) is 4.88. The second-order valence-corrected chi connectivity index (χ2v) is 6.14. The van der Waals surface area contributed by atoms with Gasteiger partial charge in [-0.1, -0.05) is 13.8 Å². The first-order valence-electron chi connectivity index (χ1n) is 6.38. The number of Topliss-reactive ketones (excluding diaryl/α,β-unsaturated/α-hetero) is 1. The van der Waals surface area contributed by atoms with E-state index in [0.29, 0.717) is 25.2 Å². The van der Waals surface area contributed by atoms with Crippen molar-refractivity contribution < 1.29 is 14.3 Å². The number of ether oxygens (including phenoxy) is 1. The van der Waals surface area contributed by atoms with Gasteiger partial charge in [-0.3, -0.25) is 4.79 Å². The number of fused-ring (bicyclic) bond motifs is 2. The lowest BCUT2D eigenvalue weighted by Crippen LogP contribution is -2.47. The Morgan fingerprint density at radius 2 is 1.88 bits per heavy atom. The van der Waals surface area contributed by atoms with Crippen LogP contribution in [0.5, 0.6) is 0 Å². The van der Waals surface area contributed by atoms with Gasteiger partial charge in [-0.05, 0) is 35.7 Å². The third kappa shape index (κ3) is 1.28. The van der Waals surface area contributed by atoms with Crippen molar-refractivity contribution in [3.05, 3.63) is 11.1 Å². The van der Waals surface area contributed by atoms with Gasteiger partial charge in [0.05, 0.1) is 0 Å². The van der Waals surface area contributed by atoms with Gasteiger partial charge in [0.1, 0.15) is 12.4 Å². The average molecular weight is 234 g/mol. The maximum absolute atomic E-state index is 11.7. The van der Waals surface area contributed by atoms with Crippen molar-refractivity contribution in [2.24, 2.45) is 10.8 Å². The van der Waals surface area contributed by atoms with Gasteiger partial charge in [0.2, 0.25) is 0 Å². The molecule has 92 valence electrons. The van der Waals surface area contributed by atoms with E-state index in [-0.39, 0.29) is 16.8 Å². The fraction of sp³-hybridized carbons (Fsp3) is 0.714. The van der Waals surface area contributed by atoms with E-state index >= 15 is 0 Å². The Bertz CT molecular complexity index is 448. The van der Waals surface area contributed by atoms with Gasteiger partial charge >= 0.3 is 5.97 Å². The van der Waals surface area contributed by atoms with E-state index in [2.05, 4.69) is 13.8 Å². The van der Waals surface area contributed by atoms with Crippen LogP contribution in [0.4, 0.5) is 0 Å². The Hall–Kier alpha value is -1.12. The summed E-state index contributed by atoms with van der Waals surface area (Å²) in [4.78, 5) is 23.4. The highest BCUT2D eigenvalue weighted by Crippen LogP contribution is 2.60. The van der Waals surface area contributed by atoms with E-state index < -0.39 is 0 Å². The molecule has 3 nitrogen and oxygen atoms in total. The predicted molar refractivity (Wildman–Crippen MR) is 62.3 cm³/mol. The molecule has 1 saturated carbocycles. The molecular weight excluding hydrogens is 216 g/mol. The zero-order valence-electron chi connectivity index (χ0n) is 10.5. The molecule has 0 aromatic rings. The Labute approximate surface area is 101 Å². The van der Waals surface area contributed by atoms with Crippen LogP contribution in [0.2, 0.25) is 0 Å². The lowest BCUT2D eigenvalue weighted by Gasteiger charge is -2.53. The van der Waals surface area contributed by atoms with E-state index in [1.54, 1.807) is 0 Å². The number of cyclic esters (lactones) is 1. The van der Waals surface area contributed by atoms with Gasteiger partial charge in [0.25, 0.3) is 0 Å². The maximum Gasteiger partial charge on any atom is 0.334 e. The second-order valence-electron chi connectivity index (χ2n) is 6.14. The maximum atomic E-state index is 11.7. The molecule has 0 unspecified atom stereocenters.